The normalized spacial score (nSPS) is 15.7. The van der Waals surface area contributed by atoms with Gasteiger partial charge >= 0.3 is 0 Å². The van der Waals surface area contributed by atoms with Crippen molar-refractivity contribution in [3.05, 3.63) is 0 Å². The summed E-state index contributed by atoms with van der Waals surface area (Å²) in [4.78, 5) is 19.5. The lowest BCUT2D eigenvalue weighted by atomic mass is 10.2. The number of rotatable bonds is 6. The summed E-state index contributed by atoms with van der Waals surface area (Å²) < 4.78 is 0. The van der Waals surface area contributed by atoms with Crippen LogP contribution in [0.5, 0.6) is 0 Å². The van der Waals surface area contributed by atoms with E-state index in [1.807, 2.05) is 0 Å². The molecule has 0 bridgehead atoms. The first kappa shape index (κ1) is 11.1. The van der Waals surface area contributed by atoms with E-state index in [9.17, 15) is 4.79 Å². The van der Waals surface area contributed by atoms with Crippen LogP contribution in [0.4, 0.5) is 0 Å². The molecule has 0 aliphatic carbocycles. The Hall–Kier alpha value is -0.990. The van der Waals surface area contributed by atoms with Gasteiger partial charge in [0.25, 0.3) is 5.91 Å². The summed E-state index contributed by atoms with van der Waals surface area (Å²) in [6.07, 6.45) is 5.94. The van der Waals surface area contributed by atoms with E-state index in [0.717, 1.165) is 44.4 Å². The quantitative estimate of drug-likeness (QED) is 0.641. The van der Waals surface area contributed by atoms with Crippen LogP contribution in [0, 0.1) is 0 Å². The highest BCUT2D eigenvalue weighted by atomic mass is 16.1. The molecule has 0 N–H and O–H groups in total. The van der Waals surface area contributed by atoms with Crippen LogP contribution in [0.15, 0.2) is 9.98 Å². The van der Waals surface area contributed by atoms with E-state index in [1.165, 1.54) is 0 Å². The lowest BCUT2D eigenvalue weighted by molar-refractivity contribution is -0.111. The van der Waals surface area contributed by atoms with E-state index >= 15 is 0 Å². The van der Waals surface area contributed by atoms with Crippen LogP contribution >= 0.6 is 0 Å². The maximum atomic E-state index is 11.3. The predicted octanol–water partition coefficient (Wildman–Crippen LogP) is 2.75. The van der Waals surface area contributed by atoms with Gasteiger partial charge in [-0.05, 0) is 19.3 Å². The second kappa shape index (κ2) is 5.68. The van der Waals surface area contributed by atoms with Crippen LogP contribution in [0.2, 0.25) is 0 Å². The molecule has 0 radical (unpaired) electrons. The van der Waals surface area contributed by atoms with E-state index in [2.05, 4.69) is 23.8 Å². The van der Waals surface area contributed by atoms with Crippen molar-refractivity contribution in [2.75, 3.05) is 0 Å². The molecule has 1 aliphatic heterocycles. The van der Waals surface area contributed by atoms with E-state index in [0.29, 0.717) is 5.71 Å². The Labute approximate surface area is 85.3 Å². The molecular weight excluding hydrogens is 176 g/mol. The zero-order valence-corrected chi connectivity index (χ0v) is 9.05. The summed E-state index contributed by atoms with van der Waals surface area (Å²) in [5.41, 5.74) is 0.665. The van der Waals surface area contributed by atoms with Gasteiger partial charge in [0.2, 0.25) is 0 Å². The van der Waals surface area contributed by atoms with Crippen molar-refractivity contribution in [1.29, 1.82) is 0 Å². The zero-order valence-electron chi connectivity index (χ0n) is 9.05. The molecule has 1 amide bonds. The molecule has 0 saturated carbocycles. The number of unbranched alkanes of at least 4 members (excludes halogenated alkanes) is 2. The fourth-order valence-corrected chi connectivity index (χ4v) is 1.36. The number of carbonyl (C=O) groups is 1. The summed E-state index contributed by atoms with van der Waals surface area (Å²) in [7, 11) is 0. The molecule has 0 spiro atoms. The third-order valence-corrected chi connectivity index (χ3v) is 2.26. The van der Waals surface area contributed by atoms with Crippen LogP contribution < -0.4 is 0 Å². The summed E-state index contributed by atoms with van der Waals surface area (Å²) in [6, 6.07) is 0. The Bertz CT molecular complexity index is 258. The van der Waals surface area contributed by atoms with Gasteiger partial charge in [0, 0.05) is 6.42 Å². The summed E-state index contributed by atoms with van der Waals surface area (Å²) in [6.45, 7) is 4.23. The Balaban J connectivity index is 2.44. The van der Waals surface area contributed by atoms with Crippen molar-refractivity contribution in [3.8, 4) is 0 Å². The third kappa shape index (κ3) is 3.05. The molecule has 0 atom stereocenters. The number of nitrogens with zero attached hydrogens (tertiary/aromatic N) is 2. The number of amidine groups is 1. The number of amides is 1. The van der Waals surface area contributed by atoms with Crippen molar-refractivity contribution in [2.45, 2.75) is 52.4 Å². The standard InChI is InChI=1S/C11H18N2O/c1-3-5-7-9-11(14)13-10(12-9)8-6-4-2/h3-8H2,1-2H3. The van der Waals surface area contributed by atoms with Crippen molar-refractivity contribution < 1.29 is 4.79 Å². The molecule has 78 valence electrons. The van der Waals surface area contributed by atoms with E-state index in [-0.39, 0.29) is 5.91 Å². The minimum atomic E-state index is -0.107. The molecule has 1 heterocycles. The summed E-state index contributed by atoms with van der Waals surface area (Å²) in [5, 5.41) is 0. The Morgan fingerprint density at radius 3 is 2.29 bits per heavy atom. The summed E-state index contributed by atoms with van der Waals surface area (Å²) >= 11 is 0. The first-order chi connectivity index (χ1) is 6.77. The van der Waals surface area contributed by atoms with Crippen LogP contribution in [-0.4, -0.2) is 17.5 Å². The highest BCUT2D eigenvalue weighted by Crippen LogP contribution is 2.09. The fraction of sp³-hybridized carbons (Fsp3) is 0.727. The van der Waals surface area contributed by atoms with Crippen LogP contribution in [0.25, 0.3) is 0 Å². The van der Waals surface area contributed by atoms with Gasteiger partial charge in [0.05, 0.1) is 0 Å². The van der Waals surface area contributed by atoms with Crippen molar-refractivity contribution in [1.82, 2.24) is 0 Å². The number of hydrogen-bond donors (Lipinski definition) is 0. The molecule has 0 aromatic carbocycles. The molecule has 0 unspecified atom stereocenters. The number of carbonyl (C=O) groups excluding carboxylic acids is 1. The minimum absolute atomic E-state index is 0.107. The van der Waals surface area contributed by atoms with Crippen LogP contribution in [0.3, 0.4) is 0 Å². The van der Waals surface area contributed by atoms with Gasteiger partial charge in [-0.3, -0.25) is 4.79 Å². The van der Waals surface area contributed by atoms with Gasteiger partial charge in [-0.15, -0.1) is 0 Å². The smallest absolute Gasteiger partial charge is 0.265 e. The van der Waals surface area contributed by atoms with E-state index in [4.69, 9.17) is 0 Å². The van der Waals surface area contributed by atoms with Crippen molar-refractivity contribution >= 4 is 17.5 Å². The Morgan fingerprint density at radius 2 is 1.64 bits per heavy atom. The van der Waals surface area contributed by atoms with Gasteiger partial charge in [0.1, 0.15) is 11.5 Å². The monoisotopic (exact) mass is 194 g/mol. The fourth-order valence-electron chi connectivity index (χ4n) is 1.36. The number of hydrogen-bond acceptors (Lipinski definition) is 2. The lowest BCUT2D eigenvalue weighted by Gasteiger charge is -1.94. The maximum absolute atomic E-state index is 11.3. The van der Waals surface area contributed by atoms with Crippen LogP contribution in [0.1, 0.15) is 52.4 Å². The second-order valence-electron chi connectivity index (χ2n) is 3.60. The number of aliphatic imine (C=N–C) groups is 2. The molecule has 14 heavy (non-hydrogen) atoms. The molecule has 0 saturated heterocycles. The predicted molar refractivity (Wildman–Crippen MR) is 58.9 cm³/mol. The van der Waals surface area contributed by atoms with E-state index < -0.39 is 0 Å². The third-order valence-electron chi connectivity index (χ3n) is 2.26. The Morgan fingerprint density at radius 1 is 1.00 bits per heavy atom. The van der Waals surface area contributed by atoms with Crippen molar-refractivity contribution in [2.24, 2.45) is 9.98 Å². The highest BCUT2D eigenvalue weighted by Gasteiger charge is 2.18. The maximum Gasteiger partial charge on any atom is 0.293 e. The average molecular weight is 194 g/mol. The van der Waals surface area contributed by atoms with Gasteiger partial charge in [-0.25, -0.2) is 4.99 Å². The largest absolute Gasteiger partial charge is 0.293 e. The Kier molecular flexibility index (Phi) is 4.50. The first-order valence-electron chi connectivity index (χ1n) is 5.47. The van der Waals surface area contributed by atoms with Gasteiger partial charge in [-0.1, -0.05) is 26.7 Å². The molecule has 3 heteroatoms. The molecule has 0 aromatic rings. The molecule has 1 rings (SSSR count). The zero-order chi connectivity index (χ0) is 10.4. The first-order valence-corrected chi connectivity index (χ1v) is 5.47. The van der Waals surface area contributed by atoms with Gasteiger partial charge in [-0.2, -0.15) is 4.99 Å². The molecular formula is C11H18N2O. The average Bonchev–Trinajstić information content (AvgIpc) is 2.53. The molecule has 0 aromatic heterocycles. The topological polar surface area (TPSA) is 41.8 Å². The molecule has 1 aliphatic rings. The van der Waals surface area contributed by atoms with Gasteiger partial charge in [0.15, 0.2) is 0 Å². The SMILES string of the molecule is CCCCC1=NC(=O)C(CCCC)=N1. The highest BCUT2D eigenvalue weighted by molar-refractivity contribution is 6.45. The minimum Gasteiger partial charge on any atom is -0.265 e. The van der Waals surface area contributed by atoms with Gasteiger partial charge < -0.3 is 0 Å². The van der Waals surface area contributed by atoms with Crippen LogP contribution in [-0.2, 0) is 4.79 Å². The lowest BCUT2D eigenvalue weighted by Crippen LogP contribution is -2.06. The molecule has 3 nitrogen and oxygen atoms in total. The molecule has 0 fully saturated rings. The van der Waals surface area contributed by atoms with E-state index in [1.54, 1.807) is 0 Å². The van der Waals surface area contributed by atoms with Crippen molar-refractivity contribution in [3.63, 3.8) is 0 Å². The second-order valence-corrected chi connectivity index (χ2v) is 3.60. The summed E-state index contributed by atoms with van der Waals surface area (Å²) in [5.74, 6) is 0.632.